The Morgan fingerprint density at radius 3 is 2.85 bits per heavy atom. The monoisotopic (exact) mass is 351 g/mol. The lowest BCUT2D eigenvalue weighted by atomic mass is 10.1. The fourth-order valence-corrected chi connectivity index (χ4v) is 3.30. The first-order valence-corrected chi connectivity index (χ1v) is 8.08. The first-order chi connectivity index (χ1) is 9.79. The van der Waals surface area contributed by atoms with E-state index in [1.165, 1.54) is 11.1 Å². The van der Waals surface area contributed by atoms with Crippen molar-refractivity contribution in [2.45, 2.75) is 11.9 Å². The van der Waals surface area contributed by atoms with Crippen molar-refractivity contribution in [1.29, 1.82) is 0 Å². The zero-order chi connectivity index (χ0) is 13.9. The molecule has 1 aliphatic rings. The zero-order valence-corrected chi connectivity index (χ0v) is 13.3. The third-order valence-corrected chi connectivity index (χ3v) is 4.39. The third kappa shape index (κ3) is 2.65. The molecular weight excluding hydrogens is 338 g/mol. The Bertz CT molecular complexity index is 617. The molecule has 0 aromatic heterocycles. The van der Waals surface area contributed by atoms with Gasteiger partial charge in [0.2, 0.25) is 0 Å². The first kappa shape index (κ1) is 13.8. The van der Waals surface area contributed by atoms with E-state index in [1.807, 2.05) is 30.3 Å². The normalized spacial score (nSPS) is 14.4. The largest absolute Gasteiger partial charge is 0.491 e. The number of ether oxygens (including phenoxy) is 1. The molecule has 3 rings (SSSR count). The van der Waals surface area contributed by atoms with Crippen LogP contribution in [0.1, 0.15) is 11.1 Å². The molecule has 2 aromatic carbocycles. The number of nitrogens with zero attached hydrogens (tertiary/aromatic N) is 1. The topological polar surface area (TPSA) is 12.5 Å². The predicted octanol–water partition coefficient (Wildman–Crippen LogP) is 4.63. The molecule has 0 bridgehead atoms. The molecule has 0 saturated carbocycles. The van der Waals surface area contributed by atoms with Crippen LogP contribution < -0.4 is 9.64 Å². The van der Waals surface area contributed by atoms with Gasteiger partial charge in [0, 0.05) is 17.4 Å². The molecular formula is C16H15BrClNO. The van der Waals surface area contributed by atoms with Crippen LogP contribution in [0.4, 0.5) is 5.69 Å². The highest BCUT2D eigenvalue weighted by atomic mass is 79.9. The lowest BCUT2D eigenvalue weighted by Crippen LogP contribution is -2.26. The molecule has 2 nitrogen and oxygen atoms in total. The first-order valence-electron chi connectivity index (χ1n) is 6.58. The third-order valence-electron chi connectivity index (χ3n) is 3.48. The molecule has 0 saturated heterocycles. The molecule has 1 heterocycles. The highest BCUT2D eigenvalue weighted by Gasteiger charge is 2.19. The van der Waals surface area contributed by atoms with Gasteiger partial charge in [0.05, 0.1) is 17.3 Å². The Labute approximate surface area is 132 Å². The lowest BCUT2D eigenvalue weighted by molar-refractivity contribution is 0.331. The maximum absolute atomic E-state index is 6.42. The van der Waals surface area contributed by atoms with Crippen molar-refractivity contribution in [3.8, 4) is 5.75 Å². The van der Waals surface area contributed by atoms with Crippen LogP contribution in [0.5, 0.6) is 5.75 Å². The van der Waals surface area contributed by atoms with Gasteiger partial charge in [-0.05, 0) is 17.7 Å². The molecule has 0 radical (unpaired) electrons. The Morgan fingerprint density at radius 2 is 2.00 bits per heavy atom. The van der Waals surface area contributed by atoms with Gasteiger partial charge in [0.25, 0.3) is 0 Å². The van der Waals surface area contributed by atoms with E-state index >= 15 is 0 Å². The second kappa shape index (κ2) is 6.06. The summed E-state index contributed by atoms with van der Waals surface area (Å²) in [5.74, 6) is 0.974. The Morgan fingerprint density at radius 1 is 1.15 bits per heavy atom. The summed E-state index contributed by atoms with van der Waals surface area (Å²) in [6.45, 7) is 2.32. The van der Waals surface area contributed by atoms with Crippen molar-refractivity contribution in [3.05, 3.63) is 58.6 Å². The van der Waals surface area contributed by atoms with Crippen LogP contribution >= 0.6 is 27.5 Å². The quantitative estimate of drug-likeness (QED) is 0.730. The van der Waals surface area contributed by atoms with Gasteiger partial charge < -0.3 is 9.64 Å². The summed E-state index contributed by atoms with van der Waals surface area (Å²) >= 11 is 9.96. The van der Waals surface area contributed by atoms with Gasteiger partial charge >= 0.3 is 0 Å². The smallest absolute Gasteiger partial charge is 0.124 e. The van der Waals surface area contributed by atoms with E-state index in [4.69, 9.17) is 16.3 Å². The Balaban J connectivity index is 2.00. The van der Waals surface area contributed by atoms with Gasteiger partial charge in [-0.25, -0.2) is 0 Å². The maximum Gasteiger partial charge on any atom is 0.124 e. The van der Waals surface area contributed by atoms with Crippen molar-refractivity contribution < 1.29 is 4.74 Å². The summed E-state index contributed by atoms with van der Waals surface area (Å²) in [6, 6.07) is 14.2. The molecule has 0 N–H and O–H groups in total. The summed E-state index contributed by atoms with van der Waals surface area (Å²) in [7, 11) is 0. The average molecular weight is 353 g/mol. The summed E-state index contributed by atoms with van der Waals surface area (Å²) < 4.78 is 5.82. The van der Waals surface area contributed by atoms with Crippen molar-refractivity contribution in [3.63, 3.8) is 0 Å². The Hall–Kier alpha value is -1.19. The fourth-order valence-electron chi connectivity index (χ4n) is 2.54. The van der Waals surface area contributed by atoms with E-state index in [2.05, 4.69) is 33.0 Å². The van der Waals surface area contributed by atoms with E-state index in [-0.39, 0.29) is 0 Å². The summed E-state index contributed by atoms with van der Waals surface area (Å²) in [6.07, 6.45) is 0. The lowest BCUT2D eigenvalue weighted by Gasteiger charge is -2.25. The van der Waals surface area contributed by atoms with Crippen LogP contribution in [-0.4, -0.2) is 13.2 Å². The molecule has 0 aliphatic carbocycles. The van der Waals surface area contributed by atoms with Crippen molar-refractivity contribution >= 4 is 33.2 Å². The van der Waals surface area contributed by atoms with Crippen molar-refractivity contribution in [2.75, 3.05) is 18.1 Å². The number of benzene rings is 2. The molecule has 2 aromatic rings. The number of anilines is 1. The molecule has 1 aliphatic heterocycles. The average Bonchev–Trinajstić information content (AvgIpc) is 2.68. The van der Waals surface area contributed by atoms with Gasteiger partial charge in [-0.15, -0.1) is 0 Å². The van der Waals surface area contributed by atoms with E-state index in [9.17, 15) is 0 Å². The SMILES string of the molecule is Clc1cccc(CBr)c1N1CCOc2ccccc2C1. The number of hydrogen-bond acceptors (Lipinski definition) is 2. The van der Waals surface area contributed by atoms with Crippen molar-refractivity contribution in [1.82, 2.24) is 0 Å². The zero-order valence-electron chi connectivity index (χ0n) is 11.0. The molecule has 0 amide bonds. The van der Waals surface area contributed by atoms with E-state index in [0.717, 1.165) is 34.9 Å². The van der Waals surface area contributed by atoms with Gasteiger partial charge in [-0.3, -0.25) is 0 Å². The van der Waals surface area contributed by atoms with Crippen LogP contribution in [0.25, 0.3) is 0 Å². The molecule has 0 spiro atoms. The van der Waals surface area contributed by atoms with Crippen LogP contribution in [0.3, 0.4) is 0 Å². The highest BCUT2D eigenvalue weighted by Crippen LogP contribution is 2.34. The predicted molar refractivity (Wildman–Crippen MR) is 87.1 cm³/mol. The van der Waals surface area contributed by atoms with E-state index in [1.54, 1.807) is 0 Å². The summed E-state index contributed by atoms with van der Waals surface area (Å²) in [5.41, 5.74) is 3.51. The number of alkyl halides is 1. The second-order valence-corrected chi connectivity index (χ2v) is 5.73. The number of para-hydroxylation sites is 2. The number of fused-ring (bicyclic) bond motifs is 1. The van der Waals surface area contributed by atoms with E-state index < -0.39 is 0 Å². The molecule has 0 atom stereocenters. The Kier molecular flexibility index (Phi) is 4.18. The molecule has 20 heavy (non-hydrogen) atoms. The van der Waals surface area contributed by atoms with E-state index in [0.29, 0.717) is 6.61 Å². The van der Waals surface area contributed by atoms with Gasteiger partial charge in [0.1, 0.15) is 12.4 Å². The summed E-state index contributed by atoms with van der Waals surface area (Å²) in [5, 5.41) is 1.59. The van der Waals surface area contributed by atoms with Gasteiger partial charge in [-0.1, -0.05) is 57.9 Å². The van der Waals surface area contributed by atoms with Crippen LogP contribution in [0.15, 0.2) is 42.5 Å². The standard InChI is InChI=1S/C16H15BrClNO/c17-10-12-5-3-6-14(18)16(12)19-8-9-20-15-7-2-1-4-13(15)11-19/h1-7H,8-11H2. The summed E-state index contributed by atoms with van der Waals surface area (Å²) in [4.78, 5) is 2.30. The highest BCUT2D eigenvalue weighted by molar-refractivity contribution is 9.08. The molecule has 0 fully saturated rings. The minimum absolute atomic E-state index is 0.671. The number of hydrogen-bond donors (Lipinski definition) is 0. The fraction of sp³-hybridized carbons (Fsp3) is 0.250. The number of rotatable bonds is 2. The van der Waals surface area contributed by atoms with Gasteiger partial charge in [0.15, 0.2) is 0 Å². The van der Waals surface area contributed by atoms with Gasteiger partial charge in [-0.2, -0.15) is 0 Å². The van der Waals surface area contributed by atoms with Crippen LogP contribution in [0, 0.1) is 0 Å². The second-order valence-electron chi connectivity index (χ2n) is 4.76. The van der Waals surface area contributed by atoms with Crippen molar-refractivity contribution in [2.24, 2.45) is 0 Å². The molecule has 104 valence electrons. The van der Waals surface area contributed by atoms with Crippen LogP contribution in [-0.2, 0) is 11.9 Å². The molecule has 4 heteroatoms. The molecule has 0 unspecified atom stereocenters. The minimum atomic E-state index is 0.671. The minimum Gasteiger partial charge on any atom is -0.491 e. The van der Waals surface area contributed by atoms with Crippen LogP contribution in [0.2, 0.25) is 5.02 Å². The maximum atomic E-state index is 6.42. The number of halogens is 2.